The summed E-state index contributed by atoms with van der Waals surface area (Å²) in [5.74, 6) is 1.74. The zero-order valence-electron chi connectivity index (χ0n) is 21.0. The van der Waals surface area contributed by atoms with Crippen LogP contribution in [0.5, 0.6) is 0 Å². The maximum absolute atomic E-state index is 12.7. The van der Waals surface area contributed by atoms with Crippen molar-refractivity contribution in [2.45, 2.75) is 46.0 Å². The van der Waals surface area contributed by atoms with Gasteiger partial charge in [0.25, 0.3) is 5.71 Å². The highest BCUT2D eigenvalue weighted by atomic mass is 16.5. The lowest BCUT2D eigenvalue weighted by molar-refractivity contribution is -0.131. The zero-order valence-corrected chi connectivity index (χ0v) is 21.0. The van der Waals surface area contributed by atoms with Crippen molar-refractivity contribution in [2.75, 3.05) is 31.1 Å². The topological polar surface area (TPSA) is 88.3 Å². The lowest BCUT2D eigenvalue weighted by Gasteiger charge is -2.24. The smallest absolute Gasteiger partial charge is 0.263 e. The maximum atomic E-state index is 12.7. The highest BCUT2D eigenvalue weighted by molar-refractivity contribution is 5.98. The molecule has 1 saturated heterocycles. The first-order valence-corrected chi connectivity index (χ1v) is 12.8. The molecule has 1 aliphatic heterocycles. The molecule has 3 aromatic heterocycles. The molecular formula is C28H32N6O2. The highest BCUT2D eigenvalue weighted by Crippen LogP contribution is 2.34. The molecule has 8 nitrogen and oxygen atoms in total. The standard InChI is InChI=1S/C28H32N6O2/c1-3-4-8-24(35)33-14-6-15-34(17-16-33)27-25-26(22-7-5-13-29-19-22)32-36-28(25)31-23(30-27)18-21-11-9-20(2)10-12-21/h5,7,9-13,19H,3-4,6,8,14-18H2,1-2H3. The van der Waals surface area contributed by atoms with Crippen molar-refractivity contribution in [3.8, 4) is 11.3 Å². The monoisotopic (exact) mass is 484 g/mol. The molecule has 186 valence electrons. The molecular weight excluding hydrogens is 452 g/mol. The largest absolute Gasteiger partial charge is 0.354 e. The number of hydrogen-bond acceptors (Lipinski definition) is 7. The molecule has 1 amide bonds. The molecule has 0 atom stereocenters. The Morgan fingerprint density at radius 3 is 2.69 bits per heavy atom. The van der Waals surface area contributed by atoms with E-state index in [0.717, 1.165) is 54.7 Å². The summed E-state index contributed by atoms with van der Waals surface area (Å²) < 4.78 is 5.75. The number of nitrogens with zero attached hydrogens (tertiary/aromatic N) is 6. The lowest BCUT2D eigenvalue weighted by Crippen LogP contribution is -2.35. The Kier molecular flexibility index (Phi) is 7.21. The Bertz CT molecular complexity index is 1320. The molecule has 0 N–H and O–H groups in total. The van der Waals surface area contributed by atoms with Crippen molar-refractivity contribution in [2.24, 2.45) is 0 Å². The van der Waals surface area contributed by atoms with Gasteiger partial charge in [0.2, 0.25) is 5.91 Å². The number of anilines is 1. The van der Waals surface area contributed by atoms with Gasteiger partial charge in [-0.3, -0.25) is 9.78 Å². The first-order valence-electron chi connectivity index (χ1n) is 12.8. The molecule has 0 bridgehead atoms. The van der Waals surface area contributed by atoms with Crippen LogP contribution in [0.15, 0.2) is 53.3 Å². The number of aryl methyl sites for hydroxylation is 1. The molecule has 0 saturated carbocycles. The summed E-state index contributed by atoms with van der Waals surface area (Å²) in [7, 11) is 0. The Morgan fingerprint density at radius 2 is 1.92 bits per heavy atom. The van der Waals surface area contributed by atoms with Gasteiger partial charge >= 0.3 is 0 Å². The minimum atomic E-state index is 0.243. The van der Waals surface area contributed by atoms with Gasteiger partial charge in [-0.25, -0.2) is 4.98 Å². The number of hydrogen-bond donors (Lipinski definition) is 0. The van der Waals surface area contributed by atoms with Crippen LogP contribution >= 0.6 is 0 Å². The van der Waals surface area contributed by atoms with E-state index in [-0.39, 0.29) is 5.91 Å². The van der Waals surface area contributed by atoms with E-state index in [1.54, 1.807) is 12.4 Å². The number of carbonyl (C=O) groups is 1. The maximum Gasteiger partial charge on any atom is 0.263 e. The molecule has 5 rings (SSSR count). The number of carbonyl (C=O) groups excluding carboxylic acids is 1. The molecule has 0 spiro atoms. The van der Waals surface area contributed by atoms with Crippen molar-refractivity contribution in [1.82, 2.24) is 25.0 Å². The molecule has 4 aromatic rings. The second kappa shape index (κ2) is 10.8. The van der Waals surface area contributed by atoms with Crippen molar-refractivity contribution >= 4 is 22.8 Å². The van der Waals surface area contributed by atoms with Crippen molar-refractivity contribution in [3.63, 3.8) is 0 Å². The van der Waals surface area contributed by atoms with Gasteiger partial charge in [-0.2, -0.15) is 4.98 Å². The van der Waals surface area contributed by atoms with Crippen LogP contribution in [0.25, 0.3) is 22.4 Å². The van der Waals surface area contributed by atoms with Crippen LogP contribution < -0.4 is 4.90 Å². The van der Waals surface area contributed by atoms with E-state index in [1.165, 1.54) is 5.56 Å². The molecule has 1 aliphatic rings. The minimum absolute atomic E-state index is 0.243. The number of unbranched alkanes of at least 4 members (excludes halogenated alkanes) is 1. The van der Waals surface area contributed by atoms with E-state index in [2.05, 4.69) is 53.2 Å². The summed E-state index contributed by atoms with van der Waals surface area (Å²) in [6, 6.07) is 12.3. The van der Waals surface area contributed by atoms with Gasteiger partial charge in [0.05, 0.1) is 0 Å². The van der Waals surface area contributed by atoms with Crippen LogP contribution in [0.1, 0.15) is 49.6 Å². The second-order valence-corrected chi connectivity index (χ2v) is 9.40. The molecule has 0 radical (unpaired) electrons. The van der Waals surface area contributed by atoms with Crippen molar-refractivity contribution in [1.29, 1.82) is 0 Å². The fraction of sp³-hybridized carbons (Fsp3) is 0.393. The molecule has 1 fully saturated rings. The number of pyridine rings is 1. The van der Waals surface area contributed by atoms with Gasteiger partial charge in [-0.05, 0) is 37.5 Å². The minimum Gasteiger partial charge on any atom is -0.354 e. The Morgan fingerprint density at radius 1 is 1.06 bits per heavy atom. The summed E-state index contributed by atoms with van der Waals surface area (Å²) in [5.41, 5.74) is 4.38. The lowest BCUT2D eigenvalue weighted by atomic mass is 10.1. The predicted octanol–water partition coefficient (Wildman–Crippen LogP) is 4.81. The third-order valence-corrected chi connectivity index (χ3v) is 6.67. The first-order chi connectivity index (χ1) is 17.6. The Labute approximate surface area is 211 Å². The summed E-state index contributed by atoms with van der Waals surface area (Å²) in [6.07, 6.45) is 7.57. The average Bonchev–Trinajstić information content (AvgIpc) is 3.17. The number of amides is 1. The molecule has 0 aliphatic carbocycles. The zero-order chi connectivity index (χ0) is 24.9. The number of aromatic nitrogens is 4. The Balaban J connectivity index is 1.51. The van der Waals surface area contributed by atoms with Gasteiger partial charge in [0.1, 0.15) is 22.7 Å². The summed E-state index contributed by atoms with van der Waals surface area (Å²) >= 11 is 0. The fourth-order valence-electron chi connectivity index (χ4n) is 4.64. The third kappa shape index (κ3) is 5.22. The van der Waals surface area contributed by atoms with Crippen molar-refractivity contribution < 1.29 is 9.32 Å². The SMILES string of the molecule is CCCCC(=O)N1CCCN(c2nc(Cc3ccc(C)cc3)nc3onc(-c4cccnc4)c23)CC1. The van der Waals surface area contributed by atoms with E-state index in [4.69, 9.17) is 14.5 Å². The van der Waals surface area contributed by atoms with Gasteiger partial charge in [0, 0.05) is 57.0 Å². The summed E-state index contributed by atoms with van der Waals surface area (Å²) in [4.78, 5) is 31.0. The molecule has 4 heterocycles. The first kappa shape index (κ1) is 23.9. The summed E-state index contributed by atoms with van der Waals surface area (Å²) in [6.45, 7) is 7.13. The van der Waals surface area contributed by atoms with Gasteiger partial charge in [0.15, 0.2) is 0 Å². The van der Waals surface area contributed by atoms with E-state index in [9.17, 15) is 4.79 Å². The molecule has 0 unspecified atom stereocenters. The van der Waals surface area contributed by atoms with Gasteiger partial charge in [-0.15, -0.1) is 0 Å². The molecule has 36 heavy (non-hydrogen) atoms. The highest BCUT2D eigenvalue weighted by Gasteiger charge is 2.25. The van der Waals surface area contributed by atoms with E-state index < -0.39 is 0 Å². The van der Waals surface area contributed by atoms with Crippen LogP contribution in [0.3, 0.4) is 0 Å². The fourth-order valence-corrected chi connectivity index (χ4v) is 4.64. The third-order valence-electron chi connectivity index (χ3n) is 6.67. The van der Waals surface area contributed by atoms with Crippen LogP contribution in [0, 0.1) is 6.92 Å². The number of fused-ring (bicyclic) bond motifs is 1. The van der Waals surface area contributed by atoms with Crippen LogP contribution in [-0.4, -0.2) is 57.1 Å². The second-order valence-electron chi connectivity index (χ2n) is 9.40. The molecule has 8 heteroatoms. The summed E-state index contributed by atoms with van der Waals surface area (Å²) in [5, 5.41) is 5.17. The Hall–Kier alpha value is -3.81. The molecule has 1 aromatic carbocycles. The van der Waals surface area contributed by atoms with Gasteiger partial charge in [-0.1, -0.05) is 48.3 Å². The van der Waals surface area contributed by atoms with E-state index in [1.807, 2.05) is 17.0 Å². The normalized spacial score (nSPS) is 14.3. The van der Waals surface area contributed by atoms with E-state index in [0.29, 0.717) is 43.2 Å². The quantitative estimate of drug-likeness (QED) is 0.372. The average molecular weight is 485 g/mol. The number of benzene rings is 1. The number of rotatable bonds is 7. The van der Waals surface area contributed by atoms with Crippen LogP contribution in [0.4, 0.5) is 5.82 Å². The van der Waals surface area contributed by atoms with Crippen LogP contribution in [0.2, 0.25) is 0 Å². The van der Waals surface area contributed by atoms with Crippen LogP contribution in [-0.2, 0) is 11.2 Å². The predicted molar refractivity (Wildman–Crippen MR) is 140 cm³/mol. The van der Waals surface area contributed by atoms with E-state index >= 15 is 0 Å². The van der Waals surface area contributed by atoms with Crippen molar-refractivity contribution in [3.05, 3.63) is 65.7 Å². The van der Waals surface area contributed by atoms with Gasteiger partial charge < -0.3 is 14.3 Å².